The van der Waals surface area contributed by atoms with Gasteiger partial charge in [0.15, 0.2) is 30.9 Å². The fourth-order valence-electron chi connectivity index (χ4n) is 1.66. The van der Waals surface area contributed by atoms with E-state index in [9.17, 15) is 52.0 Å². The molecule has 1 rings (SSSR count). The molecule has 0 radical (unpaired) electrons. The highest BCUT2D eigenvalue weighted by molar-refractivity contribution is 8.05. The van der Waals surface area contributed by atoms with E-state index in [0.29, 0.717) is 0 Å². The summed E-state index contributed by atoms with van der Waals surface area (Å²) in [4.78, 5) is 0. The second-order valence-corrected chi connectivity index (χ2v) is 8.04. The van der Waals surface area contributed by atoms with Crippen molar-refractivity contribution in [3.05, 3.63) is 0 Å². The molecule has 1 saturated carbocycles. The van der Waals surface area contributed by atoms with E-state index in [1.165, 1.54) is 0 Å². The first kappa shape index (κ1) is 19.3. The number of nitrogens with one attached hydrogen (secondary N) is 1. The average molecular weight is 385 g/mol. The van der Waals surface area contributed by atoms with Gasteiger partial charge in [-0.05, 0) is 0 Å². The Morgan fingerprint density at radius 2 is 1.00 bits per heavy atom. The van der Waals surface area contributed by atoms with Gasteiger partial charge < -0.3 is 0 Å². The van der Waals surface area contributed by atoms with Gasteiger partial charge >= 0.3 is 15.5 Å². The van der Waals surface area contributed by atoms with Crippen LogP contribution in [0.5, 0.6) is 0 Å². The first-order valence-corrected chi connectivity index (χ1v) is 8.20. The van der Waals surface area contributed by atoms with Crippen LogP contribution in [0.4, 0.5) is 35.1 Å². The van der Waals surface area contributed by atoms with Gasteiger partial charge in [0.2, 0.25) is 10.0 Å². The molecule has 0 aromatic rings. The Morgan fingerprint density at radius 3 is 1.32 bits per heavy atom. The number of hydrogen-bond donors (Lipinski definition) is 1. The highest BCUT2D eigenvalue weighted by Gasteiger charge is 2.60. The van der Waals surface area contributed by atoms with E-state index in [1.807, 2.05) is 0 Å². The van der Waals surface area contributed by atoms with Gasteiger partial charge in [-0.1, -0.05) is 0 Å². The van der Waals surface area contributed by atoms with Crippen LogP contribution in [0.25, 0.3) is 0 Å². The molecule has 1 aliphatic rings. The van der Waals surface area contributed by atoms with Gasteiger partial charge in [-0.2, -0.15) is 13.2 Å². The Balaban J connectivity index is 3.22. The van der Waals surface area contributed by atoms with E-state index in [2.05, 4.69) is 0 Å². The predicted molar refractivity (Wildman–Crippen MR) is 55.3 cm³/mol. The van der Waals surface area contributed by atoms with Crippen molar-refractivity contribution in [3.8, 4) is 0 Å². The molecule has 22 heavy (non-hydrogen) atoms. The fourth-order valence-corrected chi connectivity index (χ4v) is 4.69. The van der Waals surface area contributed by atoms with E-state index >= 15 is 0 Å². The molecule has 5 nitrogen and oxygen atoms in total. The highest BCUT2D eigenvalue weighted by atomic mass is 32.3. The first-order valence-electron chi connectivity index (χ1n) is 5.17. The van der Waals surface area contributed by atoms with E-state index in [4.69, 9.17) is 0 Å². The van der Waals surface area contributed by atoms with Crippen LogP contribution >= 0.6 is 0 Å². The molecule has 15 heteroatoms. The lowest BCUT2D eigenvalue weighted by atomic mass is 9.91. The highest BCUT2D eigenvalue weighted by Crippen LogP contribution is 2.36. The predicted octanol–water partition coefficient (Wildman–Crippen LogP) is 0.828. The minimum atomic E-state index is -6.61. The summed E-state index contributed by atoms with van der Waals surface area (Å²) in [5.41, 5.74) is -6.17. The van der Waals surface area contributed by atoms with Crippen molar-refractivity contribution in [1.82, 2.24) is 4.13 Å². The second kappa shape index (κ2) is 5.74. The molecular weight excluding hydrogens is 378 g/mol. The van der Waals surface area contributed by atoms with Crippen LogP contribution in [0.2, 0.25) is 0 Å². The van der Waals surface area contributed by atoms with Gasteiger partial charge in [0.1, 0.15) is 5.25 Å². The van der Waals surface area contributed by atoms with Crippen molar-refractivity contribution in [2.24, 2.45) is 0 Å². The molecule has 0 aromatic carbocycles. The average Bonchev–Trinajstić information content (AvgIpc) is 2.31. The molecule has 1 N–H and O–H groups in total. The molecule has 1 aliphatic carbocycles. The number of halogens is 8. The third kappa shape index (κ3) is 3.29. The van der Waals surface area contributed by atoms with Crippen molar-refractivity contribution in [2.45, 2.75) is 41.6 Å². The maximum atomic E-state index is 13.4. The van der Waals surface area contributed by atoms with Gasteiger partial charge in [0.05, 0.1) is 0 Å². The van der Waals surface area contributed by atoms with Crippen molar-refractivity contribution in [3.63, 3.8) is 0 Å². The van der Waals surface area contributed by atoms with E-state index in [1.54, 1.807) is 0 Å². The zero-order valence-electron chi connectivity index (χ0n) is 9.94. The van der Waals surface area contributed by atoms with Crippen molar-refractivity contribution in [1.29, 1.82) is 0 Å². The molecule has 132 valence electrons. The lowest BCUT2D eigenvalue weighted by Crippen LogP contribution is -2.62. The largest absolute Gasteiger partial charge is 0.512 e. The van der Waals surface area contributed by atoms with Gasteiger partial charge in [0.25, 0.3) is 0 Å². The van der Waals surface area contributed by atoms with Crippen molar-refractivity contribution in [2.75, 3.05) is 0 Å². The number of rotatable bonds is 3. The van der Waals surface area contributed by atoms with Gasteiger partial charge in [-0.15, -0.1) is 4.13 Å². The van der Waals surface area contributed by atoms with Crippen LogP contribution in [0.15, 0.2) is 0 Å². The summed E-state index contributed by atoms with van der Waals surface area (Å²) in [6.45, 7) is 0. The topological polar surface area (TPSA) is 80.3 Å². The van der Waals surface area contributed by atoms with Crippen LogP contribution in [-0.4, -0.2) is 58.5 Å². The molecule has 0 bridgehead atoms. The van der Waals surface area contributed by atoms with Crippen molar-refractivity contribution < 1.29 is 52.0 Å². The summed E-state index contributed by atoms with van der Waals surface area (Å²) in [6.07, 6.45) is -17.6. The normalized spacial score (nSPS) is 38.0. The standard InChI is InChI=1S/C7H7F8NO4S2/c8-1-2(9)4(11)6(5(12)3(1)10)21(17,18)16-22(19,20)7(13,14)15/h1-6,16H. The van der Waals surface area contributed by atoms with Crippen LogP contribution < -0.4 is 4.13 Å². The zero-order valence-corrected chi connectivity index (χ0v) is 11.6. The number of sulfonamides is 2. The van der Waals surface area contributed by atoms with Crippen LogP contribution in [-0.2, 0) is 20.0 Å². The lowest BCUT2D eigenvalue weighted by Gasteiger charge is -2.35. The van der Waals surface area contributed by atoms with Gasteiger partial charge in [-0.25, -0.2) is 38.8 Å². The molecule has 4 atom stereocenters. The SMILES string of the molecule is O=S(=O)(NS(=O)(=O)C(F)(F)F)C1C(F)C(F)C(F)C(F)C1F. The minimum Gasteiger partial charge on any atom is -0.243 e. The molecule has 0 amide bonds. The summed E-state index contributed by atoms with van der Waals surface area (Å²) >= 11 is 0. The maximum Gasteiger partial charge on any atom is 0.512 e. The van der Waals surface area contributed by atoms with Crippen LogP contribution in [0.1, 0.15) is 0 Å². The van der Waals surface area contributed by atoms with E-state index in [-0.39, 0.29) is 4.13 Å². The summed E-state index contributed by atoms with van der Waals surface area (Å²) in [5.74, 6) is 0. The second-order valence-electron chi connectivity index (χ2n) is 4.26. The Hall–Kier alpha value is -0.700. The Morgan fingerprint density at radius 1 is 0.682 bits per heavy atom. The third-order valence-electron chi connectivity index (χ3n) is 2.73. The van der Waals surface area contributed by atoms with Crippen LogP contribution in [0, 0.1) is 0 Å². The summed E-state index contributed by atoms with van der Waals surface area (Å²) in [7, 11) is -12.7. The molecule has 4 unspecified atom stereocenters. The van der Waals surface area contributed by atoms with Crippen molar-refractivity contribution >= 4 is 20.0 Å². The Labute approximate surface area is 118 Å². The Bertz CT molecular complexity index is 603. The van der Waals surface area contributed by atoms with Gasteiger partial charge in [0, 0.05) is 0 Å². The zero-order chi connectivity index (χ0) is 17.7. The maximum absolute atomic E-state index is 13.4. The molecule has 0 heterocycles. The summed E-state index contributed by atoms with van der Waals surface area (Å²) < 4.78 is 146. The number of alkyl halides is 8. The monoisotopic (exact) mass is 385 g/mol. The summed E-state index contributed by atoms with van der Waals surface area (Å²) in [5, 5.41) is -3.51. The molecule has 0 spiro atoms. The summed E-state index contributed by atoms with van der Waals surface area (Å²) in [6, 6.07) is 0. The number of hydrogen-bond acceptors (Lipinski definition) is 4. The smallest absolute Gasteiger partial charge is 0.243 e. The fraction of sp³-hybridized carbons (Fsp3) is 1.00. The van der Waals surface area contributed by atoms with E-state index < -0.39 is 61.7 Å². The van der Waals surface area contributed by atoms with Crippen LogP contribution in [0.3, 0.4) is 0 Å². The van der Waals surface area contributed by atoms with E-state index in [0.717, 1.165) is 0 Å². The molecule has 0 aromatic heterocycles. The molecule has 0 aliphatic heterocycles. The third-order valence-corrected chi connectivity index (χ3v) is 6.39. The first-order chi connectivity index (χ1) is 9.63. The molecule has 0 saturated heterocycles. The molecular formula is C7H7F8NO4S2. The quantitative estimate of drug-likeness (QED) is 0.730. The molecule has 1 fully saturated rings. The van der Waals surface area contributed by atoms with Gasteiger partial charge in [-0.3, -0.25) is 0 Å². The Kier molecular flexibility index (Phi) is 5.05. The minimum absolute atomic E-state index is 0.0573. The lowest BCUT2D eigenvalue weighted by molar-refractivity contribution is -0.0485.